The Morgan fingerprint density at radius 1 is 1.21 bits per heavy atom. The Morgan fingerprint density at radius 3 is 2.69 bits per heavy atom. The first-order chi connectivity index (χ1) is 14.1. The van der Waals surface area contributed by atoms with Crippen LogP contribution < -0.4 is 15.2 Å². The quantitative estimate of drug-likeness (QED) is 0.392. The van der Waals surface area contributed by atoms with E-state index in [-0.39, 0.29) is 12.2 Å². The van der Waals surface area contributed by atoms with Gasteiger partial charge in [-0.05, 0) is 43.7 Å². The molecule has 0 amide bonds. The summed E-state index contributed by atoms with van der Waals surface area (Å²) in [7, 11) is 0. The van der Waals surface area contributed by atoms with Crippen molar-refractivity contribution in [3.8, 4) is 11.4 Å². The van der Waals surface area contributed by atoms with Gasteiger partial charge in [-0.25, -0.2) is 9.57 Å². The number of hydrogen-bond acceptors (Lipinski definition) is 5. The minimum Gasteiger partial charge on any atom is -0.432 e. The molecule has 7 nitrogen and oxygen atoms in total. The molecule has 0 atom stereocenters. The highest BCUT2D eigenvalue weighted by atomic mass is 17.1. The van der Waals surface area contributed by atoms with Crippen LogP contribution in [0.15, 0.2) is 64.9 Å². The molecule has 0 saturated carbocycles. The van der Waals surface area contributed by atoms with E-state index in [2.05, 4.69) is 15.7 Å². The summed E-state index contributed by atoms with van der Waals surface area (Å²) in [6.07, 6.45) is 1.66. The number of rotatable bonds is 5. The lowest BCUT2D eigenvalue weighted by Crippen LogP contribution is -2.18. The molecule has 0 unspecified atom stereocenters. The van der Waals surface area contributed by atoms with Gasteiger partial charge in [0.25, 0.3) is 5.56 Å². The van der Waals surface area contributed by atoms with Gasteiger partial charge in [-0.3, -0.25) is 15.2 Å². The molecule has 7 heteroatoms. The van der Waals surface area contributed by atoms with E-state index in [0.717, 1.165) is 29.2 Å². The molecule has 0 bridgehead atoms. The monoisotopic (exact) mass is 391 g/mol. The molecule has 1 aliphatic heterocycles. The Morgan fingerprint density at radius 2 is 1.97 bits per heavy atom. The van der Waals surface area contributed by atoms with Crippen LogP contribution in [0.25, 0.3) is 11.8 Å². The van der Waals surface area contributed by atoms with Gasteiger partial charge in [0.15, 0.2) is 5.75 Å². The topological polar surface area (TPSA) is 79.7 Å². The first-order valence-corrected chi connectivity index (χ1v) is 9.30. The summed E-state index contributed by atoms with van der Waals surface area (Å²) in [6.45, 7) is 4.70. The van der Waals surface area contributed by atoms with Crippen LogP contribution in [0, 0.1) is 6.92 Å². The number of fused-ring (bicyclic) bond motifs is 1. The lowest BCUT2D eigenvalue weighted by molar-refractivity contribution is -0.253. The number of aryl methyl sites for hydroxylation is 1. The van der Waals surface area contributed by atoms with Crippen LogP contribution in [-0.2, 0) is 11.5 Å². The van der Waals surface area contributed by atoms with Crippen molar-refractivity contribution in [1.82, 2.24) is 9.78 Å². The number of benzene rings is 2. The average molecular weight is 391 g/mol. The van der Waals surface area contributed by atoms with Crippen molar-refractivity contribution in [2.45, 2.75) is 20.5 Å². The van der Waals surface area contributed by atoms with E-state index in [0.29, 0.717) is 17.1 Å². The maximum absolute atomic E-state index is 12.9. The third kappa shape index (κ3) is 3.50. The zero-order valence-corrected chi connectivity index (χ0v) is 16.2. The zero-order valence-electron chi connectivity index (χ0n) is 16.2. The molecule has 3 aromatic rings. The molecule has 0 spiro atoms. The summed E-state index contributed by atoms with van der Waals surface area (Å²) in [5, 5.41) is 11.6. The van der Waals surface area contributed by atoms with Crippen LogP contribution in [-0.4, -0.2) is 21.6 Å². The largest absolute Gasteiger partial charge is 0.432 e. The lowest BCUT2D eigenvalue weighted by Gasteiger charge is -2.13. The van der Waals surface area contributed by atoms with Gasteiger partial charge in [0.1, 0.15) is 6.61 Å². The van der Waals surface area contributed by atoms with Gasteiger partial charge >= 0.3 is 0 Å². The van der Waals surface area contributed by atoms with E-state index in [4.69, 9.17) is 9.99 Å². The van der Waals surface area contributed by atoms with Gasteiger partial charge in [0.2, 0.25) is 5.88 Å². The van der Waals surface area contributed by atoms with Crippen LogP contribution in [0.4, 0.5) is 5.69 Å². The second-order valence-corrected chi connectivity index (χ2v) is 6.64. The number of aromatic amines is 1. The van der Waals surface area contributed by atoms with E-state index in [1.807, 2.05) is 43.0 Å². The lowest BCUT2D eigenvalue weighted by atomic mass is 10.2. The van der Waals surface area contributed by atoms with Crippen LogP contribution in [0.2, 0.25) is 0 Å². The molecule has 2 heterocycles. The highest BCUT2D eigenvalue weighted by molar-refractivity contribution is 5.67. The maximum Gasteiger partial charge on any atom is 0.279 e. The number of ether oxygens (including phenoxy) is 1. The minimum atomic E-state index is -0.180. The molecule has 0 saturated heterocycles. The van der Waals surface area contributed by atoms with Crippen LogP contribution >= 0.6 is 0 Å². The molecular weight excluding hydrogens is 370 g/mol. The molecule has 148 valence electrons. The Balaban J connectivity index is 1.69. The van der Waals surface area contributed by atoms with Gasteiger partial charge < -0.3 is 9.64 Å². The third-order valence-corrected chi connectivity index (χ3v) is 4.81. The van der Waals surface area contributed by atoms with Crippen molar-refractivity contribution in [1.29, 1.82) is 0 Å². The molecule has 0 fully saturated rings. The molecule has 2 aromatic carbocycles. The van der Waals surface area contributed by atoms with Crippen molar-refractivity contribution in [2.24, 2.45) is 0 Å². The highest BCUT2D eigenvalue weighted by Gasteiger charge is 2.24. The summed E-state index contributed by atoms with van der Waals surface area (Å²) >= 11 is 0. The summed E-state index contributed by atoms with van der Waals surface area (Å²) in [6, 6.07) is 14.9. The van der Waals surface area contributed by atoms with Crippen molar-refractivity contribution in [3.63, 3.8) is 0 Å². The summed E-state index contributed by atoms with van der Waals surface area (Å²) in [5.41, 5.74) is 6.67. The number of para-hydroxylation sites is 2. The summed E-state index contributed by atoms with van der Waals surface area (Å²) in [4.78, 5) is 19.0. The van der Waals surface area contributed by atoms with E-state index in [9.17, 15) is 4.79 Å². The number of H-pyrrole nitrogens is 1. The predicted octanol–water partition coefficient (Wildman–Crippen LogP) is 3.84. The molecular formula is C22H21N3O4. The van der Waals surface area contributed by atoms with Gasteiger partial charge in [0.05, 0.1) is 16.9 Å². The van der Waals surface area contributed by atoms with Gasteiger partial charge in [0, 0.05) is 18.3 Å². The van der Waals surface area contributed by atoms with E-state index < -0.39 is 0 Å². The Kier molecular flexibility index (Phi) is 5.10. The predicted molar refractivity (Wildman–Crippen MR) is 110 cm³/mol. The second kappa shape index (κ2) is 7.85. The molecule has 0 aliphatic carbocycles. The number of aromatic nitrogens is 2. The number of anilines is 1. The van der Waals surface area contributed by atoms with Gasteiger partial charge in [-0.1, -0.05) is 30.0 Å². The minimum absolute atomic E-state index is 0.0941. The van der Waals surface area contributed by atoms with E-state index in [1.54, 1.807) is 30.3 Å². The first kappa shape index (κ1) is 18.8. The number of hydrogen-bond donors (Lipinski definition) is 2. The van der Waals surface area contributed by atoms with Crippen molar-refractivity contribution >= 4 is 11.8 Å². The molecule has 4 rings (SSSR count). The SMILES string of the molecule is CCN1C(=C=Cc2c(C)[nH]n(-c3ccc(COO)cc3)c2=O)Oc2ccccc21. The fourth-order valence-electron chi connectivity index (χ4n) is 3.32. The molecule has 0 radical (unpaired) electrons. The Labute approximate surface area is 167 Å². The van der Waals surface area contributed by atoms with E-state index in [1.165, 1.54) is 4.68 Å². The van der Waals surface area contributed by atoms with Crippen molar-refractivity contribution < 1.29 is 14.9 Å². The third-order valence-electron chi connectivity index (χ3n) is 4.81. The molecule has 1 aliphatic rings. The molecule has 2 N–H and O–H groups in total. The summed E-state index contributed by atoms with van der Waals surface area (Å²) in [5.74, 6) is 1.34. The fourth-order valence-corrected chi connectivity index (χ4v) is 3.32. The normalized spacial score (nSPS) is 12.5. The van der Waals surface area contributed by atoms with Crippen LogP contribution in [0.3, 0.4) is 0 Å². The van der Waals surface area contributed by atoms with E-state index >= 15 is 0 Å². The molecule has 1 aromatic heterocycles. The van der Waals surface area contributed by atoms with Gasteiger partial charge in [-0.15, -0.1) is 0 Å². The maximum atomic E-state index is 12.9. The Hall–Kier alpha value is -3.51. The first-order valence-electron chi connectivity index (χ1n) is 9.30. The van der Waals surface area contributed by atoms with Crippen molar-refractivity contribution in [3.05, 3.63) is 87.3 Å². The number of nitrogens with one attached hydrogen (secondary N) is 1. The van der Waals surface area contributed by atoms with Crippen LogP contribution in [0.5, 0.6) is 5.75 Å². The smallest absolute Gasteiger partial charge is 0.279 e. The standard InChI is InChI=1S/C22H21N3O4/c1-3-24-19-6-4-5-7-20(19)29-21(24)13-12-18-15(2)23-25(22(18)26)17-10-8-16(9-11-17)14-28-27/h4-12,23,27H,3,14H2,1-2H3. The Bertz CT molecular complexity index is 1150. The highest BCUT2D eigenvalue weighted by Crippen LogP contribution is 2.37. The molecule has 29 heavy (non-hydrogen) atoms. The van der Waals surface area contributed by atoms with Gasteiger partial charge in [-0.2, -0.15) is 0 Å². The average Bonchev–Trinajstić information content (AvgIpc) is 3.23. The van der Waals surface area contributed by atoms with Crippen LogP contribution in [0.1, 0.15) is 23.7 Å². The summed E-state index contributed by atoms with van der Waals surface area (Å²) < 4.78 is 7.36. The zero-order chi connectivity index (χ0) is 20.4. The fraction of sp³-hybridized carbons (Fsp3) is 0.182. The van der Waals surface area contributed by atoms with Crippen molar-refractivity contribution in [2.75, 3.05) is 11.4 Å². The number of nitrogens with zero attached hydrogens (tertiary/aromatic N) is 2. The second-order valence-electron chi connectivity index (χ2n) is 6.64.